The van der Waals surface area contributed by atoms with E-state index in [0.29, 0.717) is 37.1 Å². The first-order chi connectivity index (χ1) is 15.5. The molecule has 0 aliphatic carbocycles. The normalized spacial score (nSPS) is 11.8. The molecule has 0 saturated heterocycles. The summed E-state index contributed by atoms with van der Waals surface area (Å²) in [5, 5.41) is 19.9. The van der Waals surface area contributed by atoms with Gasteiger partial charge in [-0.1, -0.05) is 48.9 Å². The molecule has 0 saturated carbocycles. The summed E-state index contributed by atoms with van der Waals surface area (Å²) in [6, 6.07) is 16.2. The predicted octanol–water partition coefficient (Wildman–Crippen LogP) is 4.29. The van der Waals surface area contributed by atoms with Gasteiger partial charge >= 0.3 is 5.97 Å². The highest BCUT2D eigenvalue weighted by Gasteiger charge is 2.22. The predicted molar refractivity (Wildman–Crippen MR) is 118 cm³/mol. The van der Waals surface area contributed by atoms with E-state index in [1.54, 1.807) is 10.8 Å². The lowest BCUT2D eigenvalue weighted by atomic mass is 10.0. The molecule has 168 valence electrons. The Hall–Kier alpha value is -3.45. The van der Waals surface area contributed by atoms with Crippen LogP contribution in [-0.2, 0) is 17.9 Å². The number of aliphatic hydroxyl groups excluding tert-OH is 1. The molecule has 2 N–H and O–H groups in total. The van der Waals surface area contributed by atoms with Crippen LogP contribution in [0.5, 0.6) is 5.75 Å². The Labute approximate surface area is 185 Å². The molecule has 0 spiro atoms. The molecule has 0 radical (unpaired) electrons. The van der Waals surface area contributed by atoms with E-state index in [2.05, 4.69) is 0 Å². The van der Waals surface area contributed by atoms with Crippen LogP contribution in [0.15, 0.2) is 71.7 Å². The third-order valence-electron chi connectivity index (χ3n) is 5.13. The third kappa shape index (κ3) is 6.28. The van der Waals surface area contributed by atoms with Crippen LogP contribution < -0.4 is 10.2 Å². The van der Waals surface area contributed by atoms with E-state index < -0.39 is 17.9 Å². The van der Waals surface area contributed by atoms with Crippen molar-refractivity contribution in [3.63, 3.8) is 0 Å². The first-order valence-corrected chi connectivity index (χ1v) is 10.5. The van der Waals surface area contributed by atoms with E-state index in [1.165, 1.54) is 30.3 Å². The summed E-state index contributed by atoms with van der Waals surface area (Å²) in [6.07, 6.45) is 2.39. The lowest BCUT2D eigenvalue weighted by Crippen LogP contribution is -2.20. The van der Waals surface area contributed by atoms with Gasteiger partial charge in [0.1, 0.15) is 18.5 Å². The molecular weight excluding hydrogens is 413 g/mol. The summed E-state index contributed by atoms with van der Waals surface area (Å²) in [6.45, 7) is 0.622. The van der Waals surface area contributed by atoms with Gasteiger partial charge in [0.05, 0.1) is 5.69 Å². The number of carbonyl (C=O) groups is 1. The largest absolute Gasteiger partial charge is 0.483 e. The summed E-state index contributed by atoms with van der Waals surface area (Å²) < 4.78 is 21.0. The van der Waals surface area contributed by atoms with E-state index in [-0.39, 0.29) is 24.2 Å². The second-order valence-corrected chi connectivity index (χ2v) is 7.52. The lowest BCUT2D eigenvalue weighted by Gasteiger charge is -2.22. The number of unbranched alkanes of at least 4 members (excludes halogenated alkanes) is 2. The quantitative estimate of drug-likeness (QED) is 0.435. The van der Waals surface area contributed by atoms with Gasteiger partial charge in [-0.05, 0) is 36.1 Å². The number of ether oxygens (including phenoxy) is 1. The summed E-state index contributed by atoms with van der Waals surface area (Å²) in [5.74, 6) is -1.22. The van der Waals surface area contributed by atoms with Crippen molar-refractivity contribution in [2.45, 2.75) is 44.9 Å². The minimum Gasteiger partial charge on any atom is -0.483 e. The Balaban J connectivity index is 1.90. The highest BCUT2D eigenvalue weighted by Crippen LogP contribution is 2.29. The average Bonchev–Trinajstić information content (AvgIpc) is 2.79. The molecule has 6 nitrogen and oxygen atoms in total. The standard InChI is InChI=1S/C25H26FNO5/c26-20-12-10-19(11-13-20)24(31)23-25(32-17-18-7-3-1-4-8-18)21(28)14-16-27(23)15-6-2-5-9-22(29)30/h1,3-4,7-8,10-14,16,24,31H,2,5-6,9,15,17H2,(H,29,30). The van der Waals surface area contributed by atoms with Crippen molar-refractivity contribution in [3.8, 4) is 5.75 Å². The van der Waals surface area contributed by atoms with E-state index in [0.717, 1.165) is 5.56 Å². The van der Waals surface area contributed by atoms with Crippen LogP contribution in [0.2, 0.25) is 0 Å². The number of aryl methyl sites for hydroxylation is 1. The number of carboxylic acids is 1. The Kier molecular flexibility index (Phi) is 8.16. The fraction of sp³-hybridized carbons (Fsp3) is 0.280. The Bertz CT molecular complexity index is 1080. The molecule has 1 aromatic heterocycles. The van der Waals surface area contributed by atoms with Gasteiger partial charge in [0.2, 0.25) is 5.43 Å². The number of rotatable bonds is 11. The monoisotopic (exact) mass is 439 g/mol. The van der Waals surface area contributed by atoms with Gasteiger partial charge in [-0.15, -0.1) is 0 Å². The molecule has 1 atom stereocenters. The zero-order chi connectivity index (χ0) is 22.9. The number of halogens is 1. The number of benzene rings is 2. The van der Waals surface area contributed by atoms with Crippen LogP contribution in [0, 0.1) is 5.82 Å². The fourth-order valence-electron chi connectivity index (χ4n) is 3.46. The van der Waals surface area contributed by atoms with Gasteiger partial charge in [0.25, 0.3) is 0 Å². The van der Waals surface area contributed by atoms with E-state index in [9.17, 15) is 19.1 Å². The number of pyridine rings is 1. The van der Waals surface area contributed by atoms with Crippen LogP contribution in [0.25, 0.3) is 0 Å². The molecule has 1 heterocycles. The van der Waals surface area contributed by atoms with Gasteiger partial charge in [-0.2, -0.15) is 0 Å². The van der Waals surface area contributed by atoms with Crippen molar-refractivity contribution < 1.29 is 24.1 Å². The SMILES string of the molecule is O=C(O)CCCCCn1ccc(=O)c(OCc2ccccc2)c1C(O)c1ccc(F)cc1. The summed E-state index contributed by atoms with van der Waals surface area (Å²) in [5.41, 5.74) is 1.23. The number of aromatic nitrogens is 1. The van der Waals surface area contributed by atoms with Gasteiger partial charge in [0, 0.05) is 25.2 Å². The summed E-state index contributed by atoms with van der Waals surface area (Å²) >= 11 is 0. The minimum absolute atomic E-state index is 0.0405. The number of hydrogen-bond acceptors (Lipinski definition) is 4. The first-order valence-electron chi connectivity index (χ1n) is 10.5. The van der Waals surface area contributed by atoms with Gasteiger partial charge in [-0.25, -0.2) is 4.39 Å². The van der Waals surface area contributed by atoms with Crippen molar-refractivity contribution in [3.05, 3.63) is 99.7 Å². The van der Waals surface area contributed by atoms with Crippen molar-refractivity contribution in [2.75, 3.05) is 0 Å². The molecule has 1 unspecified atom stereocenters. The Morgan fingerprint density at radius 2 is 1.72 bits per heavy atom. The lowest BCUT2D eigenvalue weighted by molar-refractivity contribution is -0.137. The van der Waals surface area contributed by atoms with Crippen molar-refractivity contribution in [1.82, 2.24) is 4.57 Å². The highest BCUT2D eigenvalue weighted by molar-refractivity contribution is 5.66. The second-order valence-electron chi connectivity index (χ2n) is 7.52. The molecule has 3 aromatic rings. The van der Waals surface area contributed by atoms with Crippen LogP contribution >= 0.6 is 0 Å². The van der Waals surface area contributed by atoms with Crippen LogP contribution in [0.1, 0.15) is 48.6 Å². The van der Waals surface area contributed by atoms with Crippen LogP contribution in [-0.4, -0.2) is 20.7 Å². The van der Waals surface area contributed by atoms with Crippen LogP contribution in [0.4, 0.5) is 4.39 Å². The molecule has 0 aliphatic rings. The number of aliphatic hydroxyl groups is 1. The molecule has 7 heteroatoms. The number of carboxylic acid groups (broad SMARTS) is 1. The van der Waals surface area contributed by atoms with Crippen molar-refractivity contribution in [2.24, 2.45) is 0 Å². The highest BCUT2D eigenvalue weighted by atomic mass is 19.1. The summed E-state index contributed by atoms with van der Waals surface area (Å²) in [7, 11) is 0. The molecule has 32 heavy (non-hydrogen) atoms. The molecule has 0 bridgehead atoms. The minimum atomic E-state index is -1.20. The topological polar surface area (TPSA) is 88.8 Å². The van der Waals surface area contributed by atoms with E-state index >= 15 is 0 Å². The Morgan fingerprint density at radius 3 is 2.41 bits per heavy atom. The van der Waals surface area contributed by atoms with E-state index in [1.807, 2.05) is 30.3 Å². The maximum atomic E-state index is 13.4. The number of hydrogen-bond donors (Lipinski definition) is 2. The molecule has 3 rings (SSSR count). The number of aliphatic carboxylic acids is 1. The third-order valence-corrected chi connectivity index (χ3v) is 5.13. The Morgan fingerprint density at radius 1 is 1.00 bits per heavy atom. The smallest absolute Gasteiger partial charge is 0.303 e. The summed E-state index contributed by atoms with van der Waals surface area (Å²) in [4.78, 5) is 23.4. The zero-order valence-corrected chi connectivity index (χ0v) is 17.6. The molecule has 0 fully saturated rings. The first kappa shape index (κ1) is 23.2. The fourth-order valence-corrected chi connectivity index (χ4v) is 3.46. The zero-order valence-electron chi connectivity index (χ0n) is 17.6. The average molecular weight is 439 g/mol. The van der Waals surface area contributed by atoms with Gasteiger partial charge in [-0.3, -0.25) is 9.59 Å². The maximum absolute atomic E-state index is 13.4. The molecule has 0 aliphatic heterocycles. The maximum Gasteiger partial charge on any atom is 0.303 e. The van der Waals surface area contributed by atoms with Crippen LogP contribution in [0.3, 0.4) is 0 Å². The van der Waals surface area contributed by atoms with Crippen molar-refractivity contribution >= 4 is 5.97 Å². The number of nitrogens with zero attached hydrogens (tertiary/aromatic N) is 1. The van der Waals surface area contributed by atoms with Gasteiger partial charge < -0.3 is 19.5 Å². The van der Waals surface area contributed by atoms with E-state index in [4.69, 9.17) is 9.84 Å². The van der Waals surface area contributed by atoms with Gasteiger partial charge in [0.15, 0.2) is 5.75 Å². The van der Waals surface area contributed by atoms with Crippen molar-refractivity contribution in [1.29, 1.82) is 0 Å². The molecule has 0 amide bonds. The molecule has 2 aromatic carbocycles. The second kappa shape index (κ2) is 11.2. The molecular formula is C25H26FNO5.